The van der Waals surface area contributed by atoms with Gasteiger partial charge in [-0.15, -0.1) is 0 Å². The Morgan fingerprint density at radius 2 is 1.88 bits per heavy atom. The molecular formula is C12H17NO3. The van der Waals surface area contributed by atoms with Crippen LogP contribution in [0.2, 0.25) is 0 Å². The molecule has 1 aromatic rings. The van der Waals surface area contributed by atoms with Crippen LogP contribution in [0.5, 0.6) is 0 Å². The maximum absolute atomic E-state index is 9.65. The van der Waals surface area contributed by atoms with E-state index in [2.05, 4.69) is 0 Å². The Kier molecular flexibility index (Phi) is 3.56. The average Bonchev–Trinajstić information content (AvgIpc) is 2.56. The van der Waals surface area contributed by atoms with Crippen molar-refractivity contribution in [3.63, 3.8) is 0 Å². The van der Waals surface area contributed by atoms with Gasteiger partial charge in [0.1, 0.15) is 0 Å². The first-order valence-corrected chi connectivity index (χ1v) is 5.47. The van der Waals surface area contributed by atoms with Crippen molar-refractivity contribution < 1.29 is 15.3 Å². The van der Waals surface area contributed by atoms with Crippen molar-refractivity contribution in [2.45, 2.75) is 24.8 Å². The van der Waals surface area contributed by atoms with Gasteiger partial charge in [-0.05, 0) is 5.56 Å². The highest BCUT2D eigenvalue weighted by Crippen LogP contribution is 2.20. The SMILES string of the molecule is OC[C@@H]1[C@@H](O)[C@@H](O)CN1Cc1ccccc1. The molecule has 3 atom stereocenters. The quantitative estimate of drug-likeness (QED) is 0.651. The molecule has 0 saturated carbocycles. The van der Waals surface area contributed by atoms with Crippen LogP contribution in [0.1, 0.15) is 5.56 Å². The van der Waals surface area contributed by atoms with E-state index in [4.69, 9.17) is 0 Å². The molecule has 1 aliphatic heterocycles. The highest BCUT2D eigenvalue weighted by molar-refractivity contribution is 5.15. The lowest BCUT2D eigenvalue weighted by atomic mass is 10.1. The lowest BCUT2D eigenvalue weighted by molar-refractivity contribution is 0.0210. The second-order valence-electron chi connectivity index (χ2n) is 4.22. The van der Waals surface area contributed by atoms with Gasteiger partial charge in [-0.25, -0.2) is 0 Å². The molecule has 0 radical (unpaired) electrons. The third-order valence-corrected chi connectivity index (χ3v) is 3.09. The van der Waals surface area contributed by atoms with Crippen LogP contribution < -0.4 is 0 Å². The Labute approximate surface area is 94.8 Å². The van der Waals surface area contributed by atoms with Gasteiger partial charge in [0.25, 0.3) is 0 Å². The Morgan fingerprint density at radius 1 is 1.19 bits per heavy atom. The Hall–Kier alpha value is -0.940. The molecule has 88 valence electrons. The number of aliphatic hydroxyl groups is 3. The van der Waals surface area contributed by atoms with Gasteiger partial charge < -0.3 is 15.3 Å². The molecule has 1 aromatic carbocycles. The molecule has 0 bridgehead atoms. The van der Waals surface area contributed by atoms with E-state index < -0.39 is 12.2 Å². The monoisotopic (exact) mass is 223 g/mol. The lowest BCUT2D eigenvalue weighted by Gasteiger charge is -2.23. The van der Waals surface area contributed by atoms with Gasteiger partial charge in [0.15, 0.2) is 0 Å². The normalized spacial score (nSPS) is 30.8. The molecule has 4 nitrogen and oxygen atoms in total. The molecule has 0 aromatic heterocycles. The molecule has 4 heteroatoms. The van der Waals surface area contributed by atoms with Crippen LogP contribution >= 0.6 is 0 Å². The van der Waals surface area contributed by atoms with Crippen molar-refractivity contribution >= 4 is 0 Å². The molecule has 0 aliphatic carbocycles. The summed E-state index contributed by atoms with van der Waals surface area (Å²) in [5, 5.41) is 28.4. The van der Waals surface area contributed by atoms with E-state index in [1.54, 1.807) is 0 Å². The largest absolute Gasteiger partial charge is 0.395 e. The molecule has 1 aliphatic rings. The van der Waals surface area contributed by atoms with Crippen molar-refractivity contribution in [2.75, 3.05) is 13.2 Å². The molecule has 1 saturated heterocycles. The van der Waals surface area contributed by atoms with Gasteiger partial charge in [0.2, 0.25) is 0 Å². The molecule has 2 rings (SSSR count). The standard InChI is InChI=1S/C12H17NO3/c14-8-10-12(16)11(15)7-13(10)6-9-4-2-1-3-5-9/h1-5,10-12,14-16H,6-8H2/t10-,11+,12-/m1/s1. The third-order valence-electron chi connectivity index (χ3n) is 3.09. The number of likely N-dealkylation sites (tertiary alicyclic amines) is 1. The molecule has 0 unspecified atom stereocenters. The van der Waals surface area contributed by atoms with Crippen LogP contribution in [-0.4, -0.2) is 51.6 Å². The number of nitrogens with zero attached hydrogens (tertiary/aromatic N) is 1. The minimum atomic E-state index is -0.853. The summed E-state index contributed by atoms with van der Waals surface area (Å²) in [6.07, 6.45) is -1.62. The van der Waals surface area contributed by atoms with Crippen LogP contribution in [-0.2, 0) is 6.54 Å². The van der Waals surface area contributed by atoms with Crippen molar-refractivity contribution in [2.24, 2.45) is 0 Å². The first kappa shape index (κ1) is 11.5. The molecule has 1 heterocycles. The summed E-state index contributed by atoms with van der Waals surface area (Å²) < 4.78 is 0. The van der Waals surface area contributed by atoms with Crippen molar-refractivity contribution in [1.29, 1.82) is 0 Å². The van der Waals surface area contributed by atoms with E-state index in [9.17, 15) is 15.3 Å². The highest BCUT2D eigenvalue weighted by atomic mass is 16.3. The summed E-state index contributed by atoms with van der Waals surface area (Å²) >= 11 is 0. The second-order valence-corrected chi connectivity index (χ2v) is 4.22. The molecule has 0 amide bonds. The topological polar surface area (TPSA) is 63.9 Å². The zero-order valence-corrected chi connectivity index (χ0v) is 9.03. The number of hydrogen-bond acceptors (Lipinski definition) is 4. The van der Waals surface area contributed by atoms with Crippen molar-refractivity contribution in [3.05, 3.63) is 35.9 Å². The second kappa shape index (κ2) is 4.93. The first-order chi connectivity index (χ1) is 7.72. The minimum absolute atomic E-state index is 0.134. The smallest absolute Gasteiger partial charge is 0.0988 e. The predicted molar refractivity (Wildman–Crippen MR) is 59.7 cm³/mol. The van der Waals surface area contributed by atoms with Crippen LogP contribution in [0.15, 0.2) is 30.3 Å². The van der Waals surface area contributed by atoms with E-state index in [1.165, 1.54) is 0 Å². The van der Waals surface area contributed by atoms with Crippen LogP contribution in [0.3, 0.4) is 0 Å². The highest BCUT2D eigenvalue weighted by Gasteiger charge is 2.38. The zero-order valence-electron chi connectivity index (χ0n) is 9.03. The van der Waals surface area contributed by atoms with E-state index in [0.717, 1.165) is 5.56 Å². The van der Waals surface area contributed by atoms with E-state index >= 15 is 0 Å². The Balaban J connectivity index is 2.05. The maximum Gasteiger partial charge on any atom is 0.0988 e. The lowest BCUT2D eigenvalue weighted by Crippen LogP contribution is -2.38. The summed E-state index contributed by atoms with van der Waals surface area (Å²) in [7, 11) is 0. The van der Waals surface area contributed by atoms with E-state index in [1.807, 2.05) is 35.2 Å². The molecule has 1 fully saturated rings. The van der Waals surface area contributed by atoms with Crippen LogP contribution in [0.25, 0.3) is 0 Å². The molecule has 16 heavy (non-hydrogen) atoms. The van der Waals surface area contributed by atoms with Gasteiger partial charge in [-0.2, -0.15) is 0 Å². The Morgan fingerprint density at radius 3 is 2.50 bits per heavy atom. The number of rotatable bonds is 3. The van der Waals surface area contributed by atoms with E-state index in [0.29, 0.717) is 13.1 Å². The fourth-order valence-corrected chi connectivity index (χ4v) is 2.18. The van der Waals surface area contributed by atoms with Gasteiger partial charge >= 0.3 is 0 Å². The zero-order chi connectivity index (χ0) is 11.5. The molecule has 0 spiro atoms. The summed E-state index contributed by atoms with van der Waals surface area (Å²) in [6, 6.07) is 9.46. The number of hydrogen-bond donors (Lipinski definition) is 3. The fourth-order valence-electron chi connectivity index (χ4n) is 2.18. The number of benzene rings is 1. The average molecular weight is 223 g/mol. The third kappa shape index (κ3) is 2.25. The minimum Gasteiger partial charge on any atom is -0.395 e. The first-order valence-electron chi connectivity index (χ1n) is 5.47. The van der Waals surface area contributed by atoms with Gasteiger partial charge in [-0.3, -0.25) is 4.90 Å². The predicted octanol–water partition coefficient (Wildman–Crippen LogP) is -0.415. The van der Waals surface area contributed by atoms with E-state index in [-0.39, 0.29) is 12.6 Å². The number of β-amino-alcohol motifs (C(OH)–C–C–N with tert-alkyl or cyclic N) is 1. The summed E-state index contributed by atoms with van der Waals surface area (Å²) in [5.41, 5.74) is 1.11. The fraction of sp³-hybridized carbons (Fsp3) is 0.500. The van der Waals surface area contributed by atoms with Crippen molar-refractivity contribution in [1.82, 2.24) is 4.90 Å². The Bertz CT molecular complexity index is 330. The van der Waals surface area contributed by atoms with Crippen LogP contribution in [0, 0.1) is 0 Å². The van der Waals surface area contributed by atoms with Gasteiger partial charge in [0, 0.05) is 13.1 Å². The van der Waals surface area contributed by atoms with Crippen LogP contribution in [0.4, 0.5) is 0 Å². The van der Waals surface area contributed by atoms with Gasteiger partial charge in [-0.1, -0.05) is 30.3 Å². The molecule has 3 N–H and O–H groups in total. The molecular weight excluding hydrogens is 206 g/mol. The number of aliphatic hydroxyl groups excluding tert-OH is 3. The summed E-state index contributed by atoms with van der Waals surface area (Å²) in [6.45, 7) is 0.909. The summed E-state index contributed by atoms with van der Waals surface area (Å²) in [4.78, 5) is 1.91. The van der Waals surface area contributed by atoms with Crippen molar-refractivity contribution in [3.8, 4) is 0 Å². The maximum atomic E-state index is 9.65. The van der Waals surface area contributed by atoms with Gasteiger partial charge in [0.05, 0.1) is 24.9 Å². The summed E-state index contributed by atoms with van der Waals surface area (Å²) in [5.74, 6) is 0.